The minimum absolute atomic E-state index is 0.0637. The van der Waals surface area contributed by atoms with Crippen LogP contribution in [0.1, 0.15) is 47.0 Å². The Kier molecular flexibility index (Phi) is 7.61. The third kappa shape index (κ3) is 7.51. The Balaban J connectivity index is 3.47. The number of ketones is 1. The van der Waals surface area contributed by atoms with Crippen LogP contribution in [0.3, 0.4) is 0 Å². The predicted molar refractivity (Wildman–Crippen MR) is 64.8 cm³/mol. The number of hydrogen-bond donors (Lipinski definition) is 2. The standard InChI is InChI=1S/C12H26N2O/c1-9(2)12(15)11(13)7-5-6-8-14-10(3)4/h9-11,14H,5-8,13H2,1-4H3. The van der Waals surface area contributed by atoms with E-state index in [1.165, 1.54) is 0 Å². The normalized spacial score (nSPS) is 13.5. The van der Waals surface area contributed by atoms with Gasteiger partial charge in [0, 0.05) is 12.0 Å². The number of nitrogens with one attached hydrogen (secondary N) is 1. The first kappa shape index (κ1) is 14.6. The van der Waals surface area contributed by atoms with E-state index in [2.05, 4.69) is 19.2 Å². The molecule has 0 bridgehead atoms. The molecule has 0 amide bonds. The number of Topliss-reactive ketones (excluding diaryl/α,β-unsaturated/α-hetero) is 1. The summed E-state index contributed by atoms with van der Waals surface area (Å²) in [5.74, 6) is 0.251. The molecule has 0 aromatic rings. The molecule has 0 aliphatic heterocycles. The molecule has 90 valence electrons. The molecule has 1 unspecified atom stereocenters. The van der Waals surface area contributed by atoms with Crippen molar-refractivity contribution in [1.82, 2.24) is 5.32 Å². The Morgan fingerprint density at radius 1 is 1.20 bits per heavy atom. The first-order valence-corrected chi connectivity index (χ1v) is 5.97. The van der Waals surface area contributed by atoms with Crippen molar-refractivity contribution >= 4 is 5.78 Å². The van der Waals surface area contributed by atoms with Gasteiger partial charge in [-0.1, -0.05) is 34.1 Å². The fraction of sp³-hybridized carbons (Fsp3) is 0.917. The summed E-state index contributed by atoms with van der Waals surface area (Å²) in [7, 11) is 0. The zero-order valence-corrected chi connectivity index (χ0v) is 10.5. The third-order valence-corrected chi connectivity index (χ3v) is 2.43. The molecule has 3 N–H and O–H groups in total. The van der Waals surface area contributed by atoms with E-state index in [0.29, 0.717) is 6.04 Å². The predicted octanol–water partition coefficient (Wildman–Crippen LogP) is 1.71. The van der Waals surface area contributed by atoms with Gasteiger partial charge in [0.2, 0.25) is 0 Å². The number of rotatable bonds is 8. The maximum atomic E-state index is 11.5. The highest BCUT2D eigenvalue weighted by molar-refractivity contribution is 5.85. The van der Waals surface area contributed by atoms with Crippen molar-refractivity contribution < 1.29 is 4.79 Å². The van der Waals surface area contributed by atoms with E-state index in [4.69, 9.17) is 5.73 Å². The van der Waals surface area contributed by atoms with Crippen molar-refractivity contribution in [1.29, 1.82) is 0 Å². The van der Waals surface area contributed by atoms with Crippen LogP contribution in [0.15, 0.2) is 0 Å². The van der Waals surface area contributed by atoms with E-state index in [-0.39, 0.29) is 17.7 Å². The number of unbranched alkanes of at least 4 members (excludes halogenated alkanes) is 1. The number of hydrogen-bond acceptors (Lipinski definition) is 3. The van der Waals surface area contributed by atoms with Crippen LogP contribution in [0.2, 0.25) is 0 Å². The summed E-state index contributed by atoms with van der Waals surface area (Å²) in [4.78, 5) is 11.5. The molecular formula is C12H26N2O. The largest absolute Gasteiger partial charge is 0.321 e. The lowest BCUT2D eigenvalue weighted by Gasteiger charge is -2.13. The Morgan fingerprint density at radius 3 is 2.27 bits per heavy atom. The number of carbonyl (C=O) groups is 1. The topological polar surface area (TPSA) is 55.1 Å². The van der Waals surface area contributed by atoms with E-state index in [1.807, 2.05) is 13.8 Å². The van der Waals surface area contributed by atoms with Gasteiger partial charge in [-0.3, -0.25) is 4.79 Å². The first-order chi connectivity index (χ1) is 6.95. The highest BCUT2D eigenvalue weighted by Crippen LogP contribution is 2.05. The van der Waals surface area contributed by atoms with Crippen LogP contribution in [0.4, 0.5) is 0 Å². The molecule has 15 heavy (non-hydrogen) atoms. The van der Waals surface area contributed by atoms with Crippen LogP contribution >= 0.6 is 0 Å². The molecule has 0 saturated heterocycles. The first-order valence-electron chi connectivity index (χ1n) is 5.97. The second-order valence-electron chi connectivity index (χ2n) is 4.77. The molecular weight excluding hydrogens is 188 g/mol. The fourth-order valence-corrected chi connectivity index (χ4v) is 1.45. The molecule has 0 aromatic heterocycles. The van der Waals surface area contributed by atoms with Gasteiger partial charge in [-0.05, 0) is 19.4 Å². The zero-order chi connectivity index (χ0) is 11.8. The van der Waals surface area contributed by atoms with Crippen LogP contribution in [-0.2, 0) is 4.79 Å². The minimum Gasteiger partial charge on any atom is -0.321 e. The molecule has 0 rings (SSSR count). The molecule has 0 heterocycles. The van der Waals surface area contributed by atoms with Crippen molar-refractivity contribution in [2.24, 2.45) is 11.7 Å². The quantitative estimate of drug-likeness (QED) is 0.605. The minimum atomic E-state index is -0.260. The summed E-state index contributed by atoms with van der Waals surface area (Å²) in [5.41, 5.74) is 5.79. The summed E-state index contributed by atoms with van der Waals surface area (Å²) >= 11 is 0. The Hall–Kier alpha value is -0.410. The number of carbonyl (C=O) groups excluding carboxylic acids is 1. The van der Waals surface area contributed by atoms with Gasteiger partial charge in [0.05, 0.1) is 6.04 Å². The maximum absolute atomic E-state index is 11.5. The van der Waals surface area contributed by atoms with Gasteiger partial charge in [0.15, 0.2) is 5.78 Å². The van der Waals surface area contributed by atoms with Gasteiger partial charge in [0.25, 0.3) is 0 Å². The molecule has 1 atom stereocenters. The molecule has 0 saturated carbocycles. The van der Waals surface area contributed by atoms with E-state index < -0.39 is 0 Å². The zero-order valence-electron chi connectivity index (χ0n) is 10.5. The van der Waals surface area contributed by atoms with E-state index >= 15 is 0 Å². The van der Waals surface area contributed by atoms with Crippen molar-refractivity contribution in [3.63, 3.8) is 0 Å². The lowest BCUT2D eigenvalue weighted by Crippen LogP contribution is -2.33. The van der Waals surface area contributed by atoms with Gasteiger partial charge in [-0.15, -0.1) is 0 Å². The molecule has 3 nitrogen and oxygen atoms in total. The van der Waals surface area contributed by atoms with E-state index in [1.54, 1.807) is 0 Å². The van der Waals surface area contributed by atoms with Gasteiger partial charge in [-0.2, -0.15) is 0 Å². The average molecular weight is 214 g/mol. The monoisotopic (exact) mass is 214 g/mol. The van der Waals surface area contributed by atoms with Crippen molar-refractivity contribution in [2.45, 2.75) is 59.0 Å². The highest BCUT2D eigenvalue weighted by atomic mass is 16.1. The Labute approximate surface area is 93.8 Å². The van der Waals surface area contributed by atoms with Crippen LogP contribution < -0.4 is 11.1 Å². The Morgan fingerprint density at radius 2 is 1.80 bits per heavy atom. The summed E-state index contributed by atoms with van der Waals surface area (Å²) < 4.78 is 0. The lowest BCUT2D eigenvalue weighted by molar-refractivity contribution is -0.123. The van der Waals surface area contributed by atoms with Crippen LogP contribution in [-0.4, -0.2) is 24.4 Å². The molecule has 0 radical (unpaired) electrons. The van der Waals surface area contributed by atoms with Gasteiger partial charge < -0.3 is 11.1 Å². The van der Waals surface area contributed by atoms with Crippen LogP contribution in [0.5, 0.6) is 0 Å². The molecule has 0 aliphatic carbocycles. The van der Waals surface area contributed by atoms with E-state index in [9.17, 15) is 4.79 Å². The molecule has 0 fully saturated rings. The number of nitrogens with two attached hydrogens (primary N) is 1. The van der Waals surface area contributed by atoms with E-state index in [0.717, 1.165) is 25.8 Å². The highest BCUT2D eigenvalue weighted by Gasteiger charge is 2.15. The summed E-state index contributed by atoms with van der Waals surface area (Å²) in [6.07, 6.45) is 2.94. The van der Waals surface area contributed by atoms with Gasteiger partial charge >= 0.3 is 0 Å². The molecule has 0 aromatic carbocycles. The second-order valence-corrected chi connectivity index (χ2v) is 4.77. The second kappa shape index (κ2) is 7.83. The average Bonchev–Trinajstić information content (AvgIpc) is 2.15. The molecule has 0 aliphatic rings. The Bertz CT molecular complexity index is 178. The van der Waals surface area contributed by atoms with Gasteiger partial charge in [-0.25, -0.2) is 0 Å². The smallest absolute Gasteiger partial charge is 0.152 e. The van der Waals surface area contributed by atoms with Crippen molar-refractivity contribution in [2.75, 3.05) is 6.54 Å². The summed E-state index contributed by atoms with van der Waals surface area (Å²) in [6, 6.07) is 0.278. The van der Waals surface area contributed by atoms with Crippen LogP contribution in [0, 0.1) is 5.92 Å². The van der Waals surface area contributed by atoms with Crippen molar-refractivity contribution in [3.8, 4) is 0 Å². The fourth-order valence-electron chi connectivity index (χ4n) is 1.45. The van der Waals surface area contributed by atoms with Gasteiger partial charge in [0.1, 0.15) is 0 Å². The SMILES string of the molecule is CC(C)NCCCCC(N)C(=O)C(C)C. The lowest BCUT2D eigenvalue weighted by atomic mass is 9.98. The molecule has 3 heteroatoms. The van der Waals surface area contributed by atoms with Crippen LogP contribution in [0.25, 0.3) is 0 Å². The summed E-state index contributed by atoms with van der Waals surface area (Å²) in [6.45, 7) is 9.09. The van der Waals surface area contributed by atoms with Crippen molar-refractivity contribution in [3.05, 3.63) is 0 Å². The third-order valence-electron chi connectivity index (χ3n) is 2.43. The molecule has 0 spiro atoms. The maximum Gasteiger partial charge on any atom is 0.152 e. The summed E-state index contributed by atoms with van der Waals surface area (Å²) in [5, 5.41) is 3.35.